The van der Waals surface area contributed by atoms with E-state index < -0.39 is 0 Å². The van der Waals surface area contributed by atoms with Crippen LogP contribution in [-0.4, -0.2) is 43.3 Å². The molecule has 2 heterocycles. The van der Waals surface area contributed by atoms with Gasteiger partial charge in [0.05, 0.1) is 11.4 Å². The van der Waals surface area contributed by atoms with E-state index in [9.17, 15) is 9.18 Å². The van der Waals surface area contributed by atoms with Gasteiger partial charge in [-0.05, 0) is 55.9 Å². The van der Waals surface area contributed by atoms with E-state index in [4.69, 9.17) is 11.6 Å². The van der Waals surface area contributed by atoms with Crippen LogP contribution in [0.1, 0.15) is 37.4 Å². The number of hydrogen-bond acceptors (Lipinski definition) is 5. The summed E-state index contributed by atoms with van der Waals surface area (Å²) in [5, 5.41) is 17.1. The molecule has 2 aromatic heterocycles. The monoisotopic (exact) mass is 490 g/mol. The second kappa shape index (κ2) is 11.5. The summed E-state index contributed by atoms with van der Waals surface area (Å²) in [6, 6.07) is 5.88. The predicted molar refractivity (Wildman–Crippen MR) is 130 cm³/mol. The van der Waals surface area contributed by atoms with Crippen molar-refractivity contribution in [3.8, 4) is 5.69 Å². The molecular weight excluding hydrogens is 463 g/mol. The normalized spacial score (nSPS) is 11.6. The van der Waals surface area contributed by atoms with Crippen molar-refractivity contribution in [1.29, 1.82) is 0 Å². The lowest BCUT2D eigenvalue weighted by molar-refractivity contribution is -0.116. The molecule has 1 N–H and O–H groups in total. The third-order valence-electron chi connectivity index (χ3n) is 4.92. The molecule has 3 aromatic rings. The van der Waals surface area contributed by atoms with Gasteiger partial charge in [-0.25, -0.2) is 9.07 Å². The minimum Gasteiger partial charge on any atom is -0.353 e. The Kier molecular flexibility index (Phi) is 8.68. The van der Waals surface area contributed by atoms with E-state index >= 15 is 0 Å². The number of carbonyl (C=O) groups is 1. The number of carbonyl (C=O) groups excluding carboxylic acids is 1. The summed E-state index contributed by atoms with van der Waals surface area (Å²) >= 11 is 8.04. The van der Waals surface area contributed by atoms with Crippen molar-refractivity contribution in [3.05, 3.63) is 58.4 Å². The maximum Gasteiger partial charge on any atom is 0.244 e. The first-order valence-electron chi connectivity index (χ1n) is 10.7. The fourth-order valence-electron chi connectivity index (χ4n) is 3.33. The van der Waals surface area contributed by atoms with Crippen LogP contribution < -0.4 is 5.32 Å². The summed E-state index contributed by atoms with van der Waals surface area (Å²) in [5.74, 6) is 0.889. The second-order valence-corrected chi connectivity index (χ2v) is 9.14. The number of aryl methyl sites for hydroxylation is 2. The topological polar surface area (TPSA) is 77.6 Å². The first kappa shape index (κ1) is 25.0. The molecule has 3 rings (SSSR count). The number of amides is 1. The molecule has 0 spiro atoms. The van der Waals surface area contributed by atoms with E-state index in [2.05, 4.69) is 39.0 Å². The van der Waals surface area contributed by atoms with Crippen molar-refractivity contribution < 1.29 is 9.18 Å². The number of thioether (sulfide) groups is 1. The Morgan fingerprint density at radius 1 is 1.27 bits per heavy atom. The molecular formula is C23H28ClFN6OS. The maximum atomic E-state index is 13.2. The average Bonchev–Trinajstić information content (AvgIpc) is 3.29. The molecule has 0 radical (unpaired) electrons. The van der Waals surface area contributed by atoms with Crippen molar-refractivity contribution in [2.75, 3.05) is 12.8 Å². The van der Waals surface area contributed by atoms with Gasteiger partial charge < -0.3 is 9.88 Å². The lowest BCUT2D eigenvalue weighted by Gasteiger charge is -2.11. The van der Waals surface area contributed by atoms with Gasteiger partial charge in [-0.2, -0.15) is 5.10 Å². The molecule has 0 fully saturated rings. The number of benzene rings is 1. The van der Waals surface area contributed by atoms with E-state index in [1.807, 2.05) is 6.26 Å². The summed E-state index contributed by atoms with van der Waals surface area (Å²) in [5.41, 5.74) is 1.95. The highest BCUT2D eigenvalue weighted by molar-refractivity contribution is 7.98. The van der Waals surface area contributed by atoms with Gasteiger partial charge >= 0.3 is 0 Å². The molecule has 176 valence electrons. The van der Waals surface area contributed by atoms with E-state index in [0.29, 0.717) is 34.6 Å². The minimum atomic E-state index is -0.333. The van der Waals surface area contributed by atoms with Gasteiger partial charge in [-0.3, -0.25) is 4.79 Å². The molecule has 1 aromatic carbocycles. The molecule has 1 amide bonds. The Bertz CT molecular complexity index is 1120. The standard InChI is InChI=1S/C23H28ClFN6OS/c1-15(2)14-30-20(27-28-23(30)33-4)6-5-13-26-21(32)12-11-19-16(3)29-31(22(19)24)18-9-7-17(25)8-10-18/h7-12,15H,5-6,13-14H2,1-4H3,(H,26,32). The largest absolute Gasteiger partial charge is 0.353 e. The summed E-state index contributed by atoms with van der Waals surface area (Å²) in [6.45, 7) is 7.53. The zero-order chi connectivity index (χ0) is 24.0. The Labute approximate surface area is 202 Å². The highest BCUT2D eigenvalue weighted by Gasteiger charge is 2.14. The second-order valence-electron chi connectivity index (χ2n) is 8.01. The van der Waals surface area contributed by atoms with Gasteiger partial charge in [-0.1, -0.05) is 37.2 Å². The van der Waals surface area contributed by atoms with E-state index in [1.165, 1.54) is 22.9 Å². The molecule has 0 aliphatic heterocycles. The van der Waals surface area contributed by atoms with Crippen LogP contribution in [0.15, 0.2) is 35.5 Å². The van der Waals surface area contributed by atoms with Crippen molar-refractivity contribution in [3.63, 3.8) is 0 Å². The number of nitrogens with one attached hydrogen (secondary N) is 1. The van der Waals surface area contributed by atoms with Crippen LogP contribution in [0.4, 0.5) is 4.39 Å². The molecule has 0 atom stereocenters. The smallest absolute Gasteiger partial charge is 0.244 e. The number of hydrogen-bond donors (Lipinski definition) is 1. The quantitative estimate of drug-likeness (QED) is 0.253. The van der Waals surface area contributed by atoms with Crippen molar-refractivity contribution in [1.82, 2.24) is 29.9 Å². The van der Waals surface area contributed by atoms with Crippen molar-refractivity contribution in [2.45, 2.75) is 45.3 Å². The molecule has 7 nitrogen and oxygen atoms in total. The van der Waals surface area contributed by atoms with Crippen LogP contribution in [0.5, 0.6) is 0 Å². The lowest BCUT2D eigenvalue weighted by atomic mass is 10.2. The molecule has 0 saturated heterocycles. The minimum absolute atomic E-state index is 0.214. The van der Waals surface area contributed by atoms with Crippen LogP contribution in [0, 0.1) is 18.7 Å². The van der Waals surface area contributed by atoms with Gasteiger partial charge in [0, 0.05) is 31.1 Å². The van der Waals surface area contributed by atoms with Crippen molar-refractivity contribution >= 4 is 35.3 Å². The van der Waals surface area contributed by atoms with E-state index in [0.717, 1.165) is 30.4 Å². The zero-order valence-electron chi connectivity index (χ0n) is 19.2. The van der Waals surface area contributed by atoms with E-state index in [1.54, 1.807) is 36.9 Å². The summed E-state index contributed by atoms with van der Waals surface area (Å²) in [4.78, 5) is 12.3. The first-order chi connectivity index (χ1) is 15.8. The van der Waals surface area contributed by atoms with Gasteiger partial charge in [-0.15, -0.1) is 10.2 Å². The third-order valence-corrected chi connectivity index (χ3v) is 5.95. The molecule has 0 unspecified atom stereocenters. The van der Waals surface area contributed by atoms with Gasteiger partial charge in [0.1, 0.15) is 16.8 Å². The molecule has 33 heavy (non-hydrogen) atoms. The van der Waals surface area contributed by atoms with Gasteiger partial charge in [0.15, 0.2) is 5.16 Å². The molecule has 10 heteroatoms. The Morgan fingerprint density at radius 3 is 2.67 bits per heavy atom. The number of halogens is 2. The summed E-state index contributed by atoms with van der Waals surface area (Å²) < 4.78 is 16.9. The van der Waals surface area contributed by atoms with Crippen LogP contribution in [0.3, 0.4) is 0 Å². The van der Waals surface area contributed by atoms with E-state index in [-0.39, 0.29) is 11.7 Å². The van der Waals surface area contributed by atoms with Crippen LogP contribution in [0.25, 0.3) is 11.8 Å². The SMILES string of the molecule is CSc1nnc(CCCNC(=O)C=Cc2c(C)nn(-c3ccc(F)cc3)c2Cl)n1CC(C)C. The first-order valence-corrected chi connectivity index (χ1v) is 12.3. The number of rotatable bonds is 10. The molecule has 0 bridgehead atoms. The fourth-order valence-corrected chi connectivity index (χ4v) is 4.19. The van der Waals surface area contributed by atoms with Crippen molar-refractivity contribution in [2.24, 2.45) is 5.92 Å². The molecule has 0 aliphatic carbocycles. The van der Waals surface area contributed by atoms with Crippen LogP contribution >= 0.6 is 23.4 Å². The van der Waals surface area contributed by atoms with Gasteiger partial charge in [0.2, 0.25) is 5.91 Å². The predicted octanol–water partition coefficient (Wildman–Crippen LogP) is 4.70. The number of aromatic nitrogens is 5. The summed E-state index contributed by atoms with van der Waals surface area (Å²) in [7, 11) is 0. The average molecular weight is 491 g/mol. The Balaban J connectivity index is 1.55. The van der Waals surface area contributed by atoms with Crippen LogP contribution in [-0.2, 0) is 17.8 Å². The third kappa shape index (κ3) is 6.45. The Morgan fingerprint density at radius 2 is 2.00 bits per heavy atom. The highest BCUT2D eigenvalue weighted by atomic mass is 35.5. The fraction of sp³-hybridized carbons (Fsp3) is 0.391. The molecule has 0 saturated carbocycles. The Hall–Kier alpha value is -2.65. The number of nitrogens with zero attached hydrogens (tertiary/aromatic N) is 5. The van der Waals surface area contributed by atoms with Crippen LogP contribution in [0.2, 0.25) is 5.15 Å². The highest BCUT2D eigenvalue weighted by Crippen LogP contribution is 2.25. The maximum absolute atomic E-state index is 13.2. The van der Waals surface area contributed by atoms with Gasteiger partial charge in [0.25, 0.3) is 0 Å². The zero-order valence-corrected chi connectivity index (χ0v) is 20.8. The lowest BCUT2D eigenvalue weighted by Crippen LogP contribution is -2.23. The molecule has 0 aliphatic rings. The summed E-state index contributed by atoms with van der Waals surface area (Å²) in [6.07, 6.45) is 6.57.